The van der Waals surface area contributed by atoms with Crippen LogP contribution in [0.2, 0.25) is 0 Å². The molecule has 190 valence electrons. The Kier molecular flexibility index (Phi) is 10.6. The van der Waals surface area contributed by atoms with Crippen LogP contribution in [0.5, 0.6) is 11.5 Å². The molecule has 11 nitrogen and oxygen atoms in total. The van der Waals surface area contributed by atoms with Crippen molar-refractivity contribution in [3.63, 3.8) is 0 Å². The van der Waals surface area contributed by atoms with Gasteiger partial charge in [-0.15, -0.1) is 0 Å². The van der Waals surface area contributed by atoms with Crippen LogP contribution < -0.4 is 31.2 Å². The van der Waals surface area contributed by atoms with Gasteiger partial charge in [-0.3, -0.25) is 30.7 Å². The topological polar surface area (TPSA) is 144 Å². The van der Waals surface area contributed by atoms with Gasteiger partial charge in [-0.25, -0.2) is 10.2 Å². The molecular formula is C23H36N4O7. The molecule has 0 aliphatic heterocycles. The summed E-state index contributed by atoms with van der Waals surface area (Å²) in [5.41, 5.74) is 8.09. The Morgan fingerprint density at radius 1 is 0.765 bits per heavy atom. The van der Waals surface area contributed by atoms with Crippen LogP contribution in [0, 0.1) is 11.8 Å². The van der Waals surface area contributed by atoms with Crippen LogP contribution in [-0.4, -0.2) is 42.6 Å². The zero-order valence-electron chi connectivity index (χ0n) is 21.1. The summed E-state index contributed by atoms with van der Waals surface area (Å²) in [4.78, 5) is 48.7. The van der Waals surface area contributed by atoms with Crippen molar-refractivity contribution in [2.24, 2.45) is 11.8 Å². The first kappa shape index (κ1) is 28.5. The van der Waals surface area contributed by atoms with Crippen molar-refractivity contribution in [1.29, 1.82) is 0 Å². The van der Waals surface area contributed by atoms with E-state index in [1.165, 1.54) is 19.1 Å². The Labute approximate surface area is 200 Å². The van der Waals surface area contributed by atoms with Crippen LogP contribution in [-0.2, 0) is 9.53 Å². The van der Waals surface area contributed by atoms with Crippen LogP contribution in [0.3, 0.4) is 0 Å². The molecule has 0 spiro atoms. The average molecular weight is 481 g/mol. The van der Waals surface area contributed by atoms with Crippen molar-refractivity contribution in [1.82, 2.24) is 21.7 Å². The first-order valence-electron chi connectivity index (χ1n) is 11.0. The van der Waals surface area contributed by atoms with Crippen molar-refractivity contribution in [2.45, 2.75) is 61.0 Å². The van der Waals surface area contributed by atoms with E-state index in [1.54, 1.807) is 20.8 Å². The molecule has 0 aromatic heterocycles. The molecule has 0 bridgehead atoms. The third-order valence-corrected chi connectivity index (χ3v) is 3.74. The van der Waals surface area contributed by atoms with Crippen LogP contribution in [0.4, 0.5) is 4.79 Å². The molecule has 0 aliphatic carbocycles. The second-order valence-corrected chi connectivity index (χ2v) is 9.47. The zero-order chi connectivity index (χ0) is 26.1. The molecule has 1 rings (SSSR count). The highest BCUT2D eigenvalue weighted by Gasteiger charge is 2.24. The monoisotopic (exact) mass is 480 g/mol. The minimum absolute atomic E-state index is 0.00582. The van der Waals surface area contributed by atoms with Gasteiger partial charge in [0.05, 0.1) is 24.3 Å². The van der Waals surface area contributed by atoms with Crippen molar-refractivity contribution in [2.75, 3.05) is 13.2 Å². The molecule has 1 aromatic carbocycles. The maximum atomic E-state index is 12.9. The molecule has 4 N–H and O–H groups in total. The lowest BCUT2D eigenvalue weighted by Gasteiger charge is -2.21. The van der Waals surface area contributed by atoms with Crippen molar-refractivity contribution in [3.05, 3.63) is 23.3 Å². The molecule has 0 fully saturated rings. The highest BCUT2D eigenvalue weighted by atomic mass is 16.6. The number of nitrogens with one attached hydrogen (secondary N) is 4. The van der Waals surface area contributed by atoms with E-state index in [4.69, 9.17) is 14.2 Å². The van der Waals surface area contributed by atoms with Crippen molar-refractivity contribution in [3.8, 4) is 11.5 Å². The van der Waals surface area contributed by atoms with Crippen LogP contribution >= 0.6 is 0 Å². The summed E-state index contributed by atoms with van der Waals surface area (Å²) in [5.74, 6) is -1.27. The quantitative estimate of drug-likeness (QED) is 0.419. The number of carbonyl (C=O) groups is 4. The van der Waals surface area contributed by atoms with E-state index in [0.29, 0.717) is 13.2 Å². The largest absolute Gasteiger partial charge is 0.492 e. The maximum Gasteiger partial charge on any atom is 0.426 e. The second-order valence-electron chi connectivity index (χ2n) is 9.47. The summed E-state index contributed by atoms with van der Waals surface area (Å²) in [6.07, 6.45) is -0.856. The van der Waals surface area contributed by atoms with Gasteiger partial charge in [0.1, 0.15) is 17.1 Å². The smallest absolute Gasteiger partial charge is 0.426 e. The Bertz CT molecular complexity index is 892. The number of benzene rings is 1. The van der Waals surface area contributed by atoms with Crippen molar-refractivity contribution >= 4 is 23.8 Å². The summed E-state index contributed by atoms with van der Waals surface area (Å²) in [6.45, 7) is 14.6. The molecular weight excluding hydrogens is 444 g/mol. The van der Waals surface area contributed by atoms with E-state index >= 15 is 0 Å². The Hall–Kier alpha value is -3.50. The average Bonchev–Trinajstić information content (AvgIpc) is 2.71. The Balaban J connectivity index is 3.33. The molecule has 1 aromatic rings. The highest BCUT2D eigenvalue weighted by Crippen LogP contribution is 2.30. The minimum atomic E-state index is -0.856. The van der Waals surface area contributed by atoms with E-state index in [9.17, 15) is 19.2 Å². The van der Waals surface area contributed by atoms with E-state index in [-0.39, 0.29) is 34.5 Å². The molecule has 0 atom stereocenters. The van der Waals surface area contributed by atoms with E-state index in [1.807, 2.05) is 27.7 Å². The Morgan fingerprint density at radius 2 is 1.21 bits per heavy atom. The lowest BCUT2D eigenvalue weighted by atomic mass is 10.1. The number of carbonyl (C=O) groups excluding carboxylic acids is 4. The van der Waals surface area contributed by atoms with Crippen LogP contribution in [0.1, 0.15) is 76.1 Å². The van der Waals surface area contributed by atoms with Gasteiger partial charge in [-0.05, 0) is 38.7 Å². The molecule has 34 heavy (non-hydrogen) atoms. The zero-order valence-corrected chi connectivity index (χ0v) is 21.1. The van der Waals surface area contributed by atoms with E-state index in [2.05, 4.69) is 21.7 Å². The van der Waals surface area contributed by atoms with Crippen LogP contribution in [0.25, 0.3) is 0 Å². The normalized spacial score (nSPS) is 11.0. The fourth-order valence-corrected chi connectivity index (χ4v) is 2.36. The number of hydrogen-bond donors (Lipinski definition) is 4. The van der Waals surface area contributed by atoms with Gasteiger partial charge in [-0.2, -0.15) is 0 Å². The standard InChI is InChI=1S/C23H36N4O7/c1-13(2)11-32-18-10-19(33-12-14(3)4)17(9-16(18)20(29)25-24-15(5)28)21(30)26-27-22(31)34-23(6,7)8/h9-10,13-14H,11-12H2,1-8H3,(H,24,28)(H,25,29)(H,26,30)(H,27,31). The highest BCUT2D eigenvalue weighted by molar-refractivity contribution is 6.03. The summed E-state index contributed by atoms with van der Waals surface area (Å²) >= 11 is 0. The fraction of sp³-hybridized carbons (Fsp3) is 0.565. The third kappa shape index (κ3) is 10.4. The molecule has 4 amide bonds. The predicted molar refractivity (Wildman–Crippen MR) is 125 cm³/mol. The minimum Gasteiger partial charge on any atom is -0.492 e. The lowest BCUT2D eigenvalue weighted by molar-refractivity contribution is -0.119. The maximum absolute atomic E-state index is 12.9. The Morgan fingerprint density at radius 3 is 1.59 bits per heavy atom. The number of rotatable bonds is 8. The summed E-state index contributed by atoms with van der Waals surface area (Å²) in [7, 11) is 0. The lowest BCUT2D eigenvalue weighted by Crippen LogP contribution is -2.44. The summed E-state index contributed by atoms with van der Waals surface area (Å²) < 4.78 is 16.7. The van der Waals surface area contributed by atoms with Gasteiger partial charge >= 0.3 is 6.09 Å². The number of amides is 4. The number of hydrogen-bond acceptors (Lipinski definition) is 7. The molecule has 11 heteroatoms. The molecule has 0 radical (unpaired) electrons. The van der Waals surface area contributed by atoms with Gasteiger partial charge in [0.25, 0.3) is 11.8 Å². The number of hydrazine groups is 2. The van der Waals surface area contributed by atoms with Gasteiger partial charge in [0, 0.05) is 13.0 Å². The van der Waals surface area contributed by atoms with Crippen molar-refractivity contribution < 1.29 is 33.4 Å². The van der Waals surface area contributed by atoms with E-state index < -0.39 is 29.4 Å². The SMILES string of the molecule is CC(=O)NNC(=O)c1cc(C(=O)NNC(=O)OC(C)(C)C)c(OCC(C)C)cc1OCC(C)C. The third-order valence-electron chi connectivity index (χ3n) is 3.74. The number of ether oxygens (including phenoxy) is 3. The molecule has 0 heterocycles. The molecule has 0 saturated carbocycles. The van der Waals surface area contributed by atoms with Gasteiger partial charge in [-0.1, -0.05) is 27.7 Å². The fourth-order valence-electron chi connectivity index (χ4n) is 2.36. The molecule has 0 unspecified atom stereocenters. The first-order chi connectivity index (χ1) is 15.7. The van der Waals surface area contributed by atoms with Gasteiger partial charge < -0.3 is 14.2 Å². The molecule has 0 saturated heterocycles. The summed E-state index contributed by atoms with van der Waals surface area (Å²) in [6, 6.07) is 2.71. The summed E-state index contributed by atoms with van der Waals surface area (Å²) in [5, 5.41) is 0. The molecule has 0 aliphatic rings. The second kappa shape index (κ2) is 12.7. The van der Waals surface area contributed by atoms with E-state index in [0.717, 1.165) is 0 Å². The first-order valence-corrected chi connectivity index (χ1v) is 11.0. The van der Waals surface area contributed by atoms with Crippen LogP contribution in [0.15, 0.2) is 12.1 Å². The van der Waals surface area contributed by atoms with Gasteiger partial charge in [0.2, 0.25) is 5.91 Å². The van der Waals surface area contributed by atoms with Gasteiger partial charge in [0.15, 0.2) is 0 Å². The predicted octanol–water partition coefficient (Wildman–Crippen LogP) is 2.71.